The van der Waals surface area contributed by atoms with Gasteiger partial charge in [0, 0.05) is 18.0 Å². The SMILES string of the molecule is CCC1CC(CNC(C)C)(c2ccc(C(C)(C)C)cc2)C1. The van der Waals surface area contributed by atoms with Gasteiger partial charge in [0.1, 0.15) is 0 Å². The van der Waals surface area contributed by atoms with Crippen molar-refractivity contribution < 1.29 is 0 Å². The van der Waals surface area contributed by atoms with Gasteiger partial charge in [-0.2, -0.15) is 0 Å². The average Bonchev–Trinajstić information content (AvgIpc) is 2.37. The Morgan fingerprint density at radius 1 is 1.14 bits per heavy atom. The average molecular weight is 287 g/mol. The van der Waals surface area contributed by atoms with Crippen molar-refractivity contribution in [3.8, 4) is 0 Å². The number of hydrogen-bond donors (Lipinski definition) is 1. The minimum Gasteiger partial charge on any atom is -0.314 e. The Labute approximate surface area is 131 Å². The van der Waals surface area contributed by atoms with Crippen molar-refractivity contribution in [3.05, 3.63) is 35.4 Å². The van der Waals surface area contributed by atoms with Crippen LogP contribution in [0.25, 0.3) is 0 Å². The van der Waals surface area contributed by atoms with Crippen LogP contribution in [0.5, 0.6) is 0 Å². The molecule has 1 fully saturated rings. The first-order valence-electron chi connectivity index (χ1n) is 8.61. The van der Waals surface area contributed by atoms with E-state index >= 15 is 0 Å². The lowest BCUT2D eigenvalue weighted by Gasteiger charge is -2.49. The van der Waals surface area contributed by atoms with Gasteiger partial charge in [0.05, 0.1) is 0 Å². The standard InChI is InChI=1S/C20H33N/c1-7-16-12-20(13-16,14-21-15(2)3)18-10-8-17(9-11-18)19(4,5)6/h8-11,15-16,21H,7,12-14H2,1-6H3. The molecule has 0 bridgehead atoms. The summed E-state index contributed by atoms with van der Waals surface area (Å²) < 4.78 is 0. The van der Waals surface area contributed by atoms with Gasteiger partial charge in [0.2, 0.25) is 0 Å². The van der Waals surface area contributed by atoms with Gasteiger partial charge < -0.3 is 5.32 Å². The molecule has 118 valence electrons. The largest absolute Gasteiger partial charge is 0.314 e. The third kappa shape index (κ3) is 3.69. The lowest BCUT2D eigenvalue weighted by Crippen LogP contribution is -2.49. The van der Waals surface area contributed by atoms with Crippen molar-refractivity contribution in [3.63, 3.8) is 0 Å². The van der Waals surface area contributed by atoms with E-state index in [1.54, 1.807) is 0 Å². The zero-order valence-corrected chi connectivity index (χ0v) is 14.8. The Bertz CT molecular complexity index is 444. The van der Waals surface area contributed by atoms with Crippen LogP contribution in [0.4, 0.5) is 0 Å². The van der Waals surface area contributed by atoms with Crippen LogP contribution >= 0.6 is 0 Å². The Balaban J connectivity index is 2.18. The summed E-state index contributed by atoms with van der Waals surface area (Å²) in [4.78, 5) is 0. The quantitative estimate of drug-likeness (QED) is 0.800. The highest BCUT2D eigenvalue weighted by Crippen LogP contribution is 2.49. The van der Waals surface area contributed by atoms with Crippen LogP contribution in [-0.2, 0) is 10.8 Å². The molecule has 0 aliphatic heterocycles. The number of rotatable bonds is 5. The summed E-state index contributed by atoms with van der Waals surface area (Å²) >= 11 is 0. The van der Waals surface area contributed by atoms with Gasteiger partial charge in [0.15, 0.2) is 0 Å². The van der Waals surface area contributed by atoms with Crippen LogP contribution in [0.1, 0.15) is 71.9 Å². The van der Waals surface area contributed by atoms with Crippen molar-refractivity contribution in [1.29, 1.82) is 0 Å². The van der Waals surface area contributed by atoms with Crippen LogP contribution in [-0.4, -0.2) is 12.6 Å². The van der Waals surface area contributed by atoms with E-state index in [0.29, 0.717) is 11.5 Å². The third-order valence-corrected chi connectivity index (χ3v) is 5.15. The maximum Gasteiger partial charge on any atom is 0.00831 e. The van der Waals surface area contributed by atoms with E-state index in [2.05, 4.69) is 71.1 Å². The Kier molecular flexibility index (Phi) is 4.82. The molecule has 0 saturated heterocycles. The van der Waals surface area contributed by atoms with Gasteiger partial charge in [-0.1, -0.05) is 72.2 Å². The van der Waals surface area contributed by atoms with Crippen molar-refractivity contribution in [2.45, 2.75) is 77.7 Å². The molecule has 0 unspecified atom stereocenters. The van der Waals surface area contributed by atoms with E-state index in [9.17, 15) is 0 Å². The van der Waals surface area contributed by atoms with E-state index in [0.717, 1.165) is 12.5 Å². The molecule has 1 heteroatoms. The first-order valence-corrected chi connectivity index (χ1v) is 8.61. The Morgan fingerprint density at radius 3 is 2.14 bits per heavy atom. The molecule has 0 aromatic heterocycles. The van der Waals surface area contributed by atoms with Gasteiger partial charge in [0.25, 0.3) is 0 Å². The summed E-state index contributed by atoms with van der Waals surface area (Å²) in [6.45, 7) is 14.8. The van der Waals surface area contributed by atoms with Crippen molar-refractivity contribution in [2.24, 2.45) is 5.92 Å². The predicted molar refractivity (Wildman–Crippen MR) is 93.0 cm³/mol. The van der Waals surface area contributed by atoms with Crippen LogP contribution in [0.2, 0.25) is 0 Å². The molecule has 0 heterocycles. The summed E-state index contributed by atoms with van der Waals surface area (Å²) in [7, 11) is 0. The van der Waals surface area contributed by atoms with Gasteiger partial charge in [-0.15, -0.1) is 0 Å². The van der Waals surface area contributed by atoms with Crippen molar-refractivity contribution >= 4 is 0 Å². The molecule has 0 atom stereocenters. The molecule has 1 aliphatic rings. The third-order valence-electron chi connectivity index (χ3n) is 5.15. The number of nitrogens with one attached hydrogen (secondary N) is 1. The Morgan fingerprint density at radius 2 is 1.71 bits per heavy atom. The highest BCUT2D eigenvalue weighted by molar-refractivity contribution is 5.34. The smallest absolute Gasteiger partial charge is 0.00831 e. The summed E-state index contributed by atoms with van der Waals surface area (Å²) in [6.07, 6.45) is 4.01. The molecule has 1 nitrogen and oxygen atoms in total. The lowest BCUT2D eigenvalue weighted by molar-refractivity contribution is 0.131. The van der Waals surface area contributed by atoms with Crippen molar-refractivity contribution in [2.75, 3.05) is 6.54 Å². The van der Waals surface area contributed by atoms with Gasteiger partial charge in [-0.25, -0.2) is 0 Å². The zero-order chi connectivity index (χ0) is 15.7. The molecule has 0 amide bonds. The minimum absolute atomic E-state index is 0.243. The normalized spacial score (nSPS) is 26.0. The first-order chi connectivity index (χ1) is 9.77. The molecule has 2 rings (SSSR count). The topological polar surface area (TPSA) is 12.0 Å². The highest BCUT2D eigenvalue weighted by atomic mass is 14.9. The second-order valence-corrected chi connectivity index (χ2v) is 8.33. The van der Waals surface area contributed by atoms with E-state index in [4.69, 9.17) is 0 Å². The first kappa shape index (κ1) is 16.5. The second-order valence-electron chi connectivity index (χ2n) is 8.33. The van der Waals surface area contributed by atoms with E-state index < -0.39 is 0 Å². The molecule has 0 spiro atoms. The maximum atomic E-state index is 3.68. The van der Waals surface area contributed by atoms with Crippen LogP contribution in [0, 0.1) is 5.92 Å². The fourth-order valence-electron chi connectivity index (χ4n) is 3.54. The minimum atomic E-state index is 0.243. The number of benzene rings is 1. The molecular weight excluding hydrogens is 254 g/mol. The van der Waals surface area contributed by atoms with Gasteiger partial charge in [-0.3, -0.25) is 0 Å². The van der Waals surface area contributed by atoms with Gasteiger partial charge >= 0.3 is 0 Å². The fourth-order valence-corrected chi connectivity index (χ4v) is 3.54. The summed E-state index contributed by atoms with van der Waals surface area (Å²) in [5.74, 6) is 0.918. The maximum absolute atomic E-state index is 3.68. The van der Waals surface area contributed by atoms with E-state index in [-0.39, 0.29) is 5.41 Å². The monoisotopic (exact) mass is 287 g/mol. The fraction of sp³-hybridized carbons (Fsp3) is 0.700. The Hall–Kier alpha value is -0.820. The molecular formula is C20H33N. The van der Waals surface area contributed by atoms with E-state index in [1.807, 2.05) is 0 Å². The highest BCUT2D eigenvalue weighted by Gasteiger charge is 2.44. The van der Waals surface area contributed by atoms with Crippen LogP contribution in [0.15, 0.2) is 24.3 Å². The molecule has 1 aliphatic carbocycles. The molecule has 1 saturated carbocycles. The second kappa shape index (κ2) is 6.12. The lowest BCUT2D eigenvalue weighted by atomic mass is 9.57. The zero-order valence-electron chi connectivity index (χ0n) is 14.8. The summed E-state index contributed by atoms with van der Waals surface area (Å²) in [5.41, 5.74) is 3.59. The molecule has 1 aromatic rings. The molecule has 1 aromatic carbocycles. The predicted octanol–water partition coefficient (Wildman–Crippen LogP) is 5.04. The van der Waals surface area contributed by atoms with Gasteiger partial charge in [-0.05, 0) is 35.3 Å². The molecule has 1 N–H and O–H groups in total. The van der Waals surface area contributed by atoms with Crippen LogP contribution < -0.4 is 5.32 Å². The summed E-state index contributed by atoms with van der Waals surface area (Å²) in [5, 5.41) is 3.68. The molecule has 21 heavy (non-hydrogen) atoms. The molecule has 0 radical (unpaired) electrons. The van der Waals surface area contributed by atoms with E-state index in [1.165, 1.54) is 30.4 Å². The van der Waals surface area contributed by atoms with Crippen LogP contribution in [0.3, 0.4) is 0 Å². The summed E-state index contributed by atoms with van der Waals surface area (Å²) in [6, 6.07) is 10.0. The number of hydrogen-bond acceptors (Lipinski definition) is 1. The van der Waals surface area contributed by atoms with Crippen molar-refractivity contribution in [1.82, 2.24) is 5.32 Å².